The predicted molar refractivity (Wildman–Crippen MR) is 121 cm³/mol. The molecule has 4 nitrogen and oxygen atoms in total. The van der Waals surface area contributed by atoms with Gasteiger partial charge in [0.05, 0.1) is 4.92 Å². The van der Waals surface area contributed by atoms with Gasteiger partial charge >= 0.3 is 6.18 Å². The Kier molecular flexibility index (Phi) is 6.76. The van der Waals surface area contributed by atoms with Gasteiger partial charge in [0, 0.05) is 22.9 Å². The molecule has 3 aromatic rings. The van der Waals surface area contributed by atoms with Crippen molar-refractivity contribution >= 4 is 28.8 Å². The molecule has 1 heterocycles. The summed E-state index contributed by atoms with van der Waals surface area (Å²) in [5.74, 6) is -0.464. The van der Waals surface area contributed by atoms with Gasteiger partial charge in [0.25, 0.3) is 5.69 Å². The zero-order valence-electron chi connectivity index (χ0n) is 17.3. The van der Waals surface area contributed by atoms with E-state index in [9.17, 15) is 27.7 Å². The zero-order valence-corrected chi connectivity index (χ0v) is 19.0. The van der Waals surface area contributed by atoms with E-state index in [4.69, 9.17) is 0 Å². The van der Waals surface area contributed by atoms with Crippen molar-refractivity contribution in [2.75, 3.05) is 0 Å². The smallest absolute Gasteiger partial charge is 0.258 e. The van der Waals surface area contributed by atoms with Gasteiger partial charge < -0.3 is 0 Å². The molecule has 174 valence electrons. The van der Waals surface area contributed by atoms with Gasteiger partial charge in [0.2, 0.25) is 0 Å². The molecule has 1 aliphatic carbocycles. The number of thiazole rings is 1. The first kappa shape index (κ1) is 23.7. The van der Waals surface area contributed by atoms with Crippen molar-refractivity contribution in [3.8, 4) is 0 Å². The van der Waals surface area contributed by atoms with Gasteiger partial charge in [-0.15, -0.1) is 23.1 Å². The van der Waals surface area contributed by atoms with Crippen LogP contribution in [0.2, 0.25) is 0 Å². The summed E-state index contributed by atoms with van der Waals surface area (Å²) in [5, 5.41) is 13.8. The molecule has 4 rings (SSSR count). The van der Waals surface area contributed by atoms with Crippen molar-refractivity contribution in [2.24, 2.45) is 0 Å². The first-order chi connectivity index (χ1) is 15.7. The topological polar surface area (TPSA) is 56.0 Å². The lowest BCUT2D eigenvalue weighted by Gasteiger charge is -2.37. The summed E-state index contributed by atoms with van der Waals surface area (Å²) < 4.78 is 54.2. The van der Waals surface area contributed by atoms with Gasteiger partial charge in [-0.2, -0.15) is 13.2 Å². The van der Waals surface area contributed by atoms with Crippen molar-refractivity contribution in [3.05, 3.63) is 91.7 Å². The van der Waals surface area contributed by atoms with Crippen LogP contribution in [0.1, 0.15) is 53.8 Å². The number of alkyl halides is 3. The molecular weight excluding hydrogens is 476 g/mol. The highest BCUT2D eigenvalue weighted by molar-refractivity contribution is 8.01. The molecule has 0 saturated heterocycles. The minimum Gasteiger partial charge on any atom is -0.258 e. The van der Waals surface area contributed by atoms with Crippen LogP contribution in [0.4, 0.5) is 23.2 Å². The number of nitro benzene ring substituents is 1. The average molecular weight is 497 g/mol. The molecule has 1 aliphatic rings. The third-order valence-electron chi connectivity index (χ3n) is 5.79. The third kappa shape index (κ3) is 4.77. The summed E-state index contributed by atoms with van der Waals surface area (Å²) in [6.07, 6.45) is 1.61. The summed E-state index contributed by atoms with van der Waals surface area (Å²) in [6.45, 7) is 0. The van der Waals surface area contributed by atoms with Crippen LogP contribution in [0.3, 0.4) is 0 Å². The van der Waals surface area contributed by atoms with E-state index >= 15 is 0 Å². The lowest BCUT2D eigenvalue weighted by molar-refractivity contribution is -0.388. The first-order valence-corrected chi connectivity index (χ1v) is 12.2. The zero-order chi connectivity index (χ0) is 23.6. The maximum Gasteiger partial charge on any atom is 0.423 e. The number of hydrogen-bond acceptors (Lipinski definition) is 5. The Balaban J connectivity index is 1.99. The third-order valence-corrected chi connectivity index (χ3v) is 8.63. The molecule has 1 unspecified atom stereocenters. The first-order valence-electron chi connectivity index (χ1n) is 10.4. The molecule has 2 aromatic carbocycles. The van der Waals surface area contributed by atoms with E-state index in [1.807, 2.05) is 0 Å². The molecule has 1 fully saturated rings. The Morgan fingerprint density at radius 3 is 2.27 bits per heavy atom. The van der Waals surface area contributed by atoms with Crippen molar-refractivity contribution in [2.45, 2.75) is 48.3 Å². The van der Waals surface area contributed by atoms with Crippen LogP contribution in [0.15, 0.2) is 54.0 Å². The summed E-state index contributed by atoms with van der Waals surface area (Å²) in [5.41, 5.74) is -1.49. The fourth-order valence-corrected chi connectivity index (χ4v) is 7.08. The molecule has 0 radical (unpaired) electrons. The van der Waals surface area contributed by atoms with E-state index < -0.39 is 32.9 Å². The standard InChI is InChI=1S/C23H20F4N2O2S2/c24-17-9-6-15(7-10-17)22(21-28-12-13-32-21,33-18-4-2-1-3-5-18)16-8-11-20(29(30)31)19(14-16)23(25,26)27/h6-14,18H,1-5H2. The highest BCUT2D eigenvalue weighted by atomic mass is 32.2. The molecule has 1 atom stereocenters. The summed E-state index contributed by atoms with van der Waals surface area (Å²) in [7, 11) is 0. The molecule has 33 heavy (non-hydrogen) atoms. The van der Waals surface area contributed by atoms with Crippen LogP contribution < -0.4 is 0 Å². The molecule has 0 bridgehead atoms. The van der Waals surface area contributed by atoms with Crippen LogP contribution in [0.5, 0.6) is 0 Å². The molecule has 0 amide bonds. The molecule has 0 aliphatic heterocycles. The Bertz CT molecular complexity index is 1110. The fourth-order valence-electron chi connectivity index (χ4n) is 4.26. The van der Waals surface area contributed by atoms with Gasteiger partial charge in [0.15, 0.2) is 0 Å². The second-order valence-electron chi connectivity index (χ2n) is 7.89. The van der Waals surface area contributed by atoms with Crippen LogP contribution in [-0.2, 0) is 10.9 Å². The Hall–Kier alpha value is -2.46. The monoisotopic (exact) mass is 496 g/mol. The maximum atomic E-state index is 13.9. The lowest BCUT2D eigenvalue weighted by atomic mass is 9.89. The Morgan fingerprint density at radius 2 is 1.70 bits per heavy atom. The second-order valence-corrected chi connectivity index (χ2v) is 10.3. The lowest BCUT2D eigenvalue weighted by Crippen LogP contribution is -2.30. The maximum absolute atomic E-state index is 13.9. The largest absolute Gasteiger partial charge is 0.423 e. The van der Waals surface area contributed by atoms with E-state index in [0.29, 0.717) is 10.6 Å². The van der Waals surface area contributed by atoms with Crippen LogP contribution in [0.25, 0.3) is 0 Å². The minimum atomic E-state index is -4.91. The summed E-state index contributed by atoms with van der Waals surface area (Å²) in [4.78, 5) is 14.8. The number of thioether (sulfide) groups is 1. The van der Waals surface area contributed by atoms with Gasteiger partial charge in [-0.25, -0.2) is 9.37 Å². The summed E-state index contributed by atoms with van der Waals surface area (Å²) in [6, 6.07) is 8.80. The Labute approximate surface area is 196 Å². The van der Waals surface area contributed by atoms with Gasteiger partial charge in [-0.05, 0) is 48.2 Å². The normalized spacial score (nSPS) is 17.0. The fraction of sp³-hybridized carbons (Fsp3) is 0.348. The molecular formula is C23H20F4N2O2S2. The molecule has 1 saturated carbocycles. The van der Waals surface area contributed by atoms with Crippen molar-refractivity contribution in [3.63, 3.8) is 0 Å². The number of nitro groups is 1. The predicted octanol–water partition coefficient (Wildman–Crippen LogP) is 7.57. The molecule has 0 spiro atoms. The highest BCUT2D eigenvalue weighted by Crippen LogP contribution is 2.54. The van der Waals surface area contributed by atoms with E-state index in [2.05, 4.69) is 4.98 Å². The second kappa shape index (κ2) is 9.42. The van der Waals surface area contributed by atoms with Gasteiger partial charge in [-0.3, -0.25) is 10.1 Å². The van der Waals surface area contributed by atoms with Crippen LogP contribution in [0, 0.1) is 15.9 Å². The van der Waals surface area contributed by atoms with Crippen molar-refractivity contribution in [1.82, 2.24) is 4.98 Å². The number of hydrogen-bond donors (Lipinski definition) is 0. The van der Waals surface area contributed by atoms with Gasteiger partial charge in [-0.1, -0.05) is 31.4 Å². The van der Waals surface area contributed by atoms with E-state index in [1.165, 1.54) is 41.3 Å². The number of nitrogens with zero attached hydrogens (tertiary/aromatic N) is 2. The minimum absolute atomic E-state index is 0.150. The van der Waals surface area contributed by atoms with Crippen LogP contribution in [-0.4, -0.2) is 15.2 Å². The summed E-state index contributed by atoms with van der Waals surface area (Å²) >= 11 is 2.80. The van der Waals surface area contributed by atoms with E-state index in [-0.39, 0.29) is 10.8 Å². The van der Waals surface area contributed by atoms with Gasteiger partial charge in [0.1, 0.15) is 21.1 Å². The molecule has 10 heteroatoms. The number of halogens is 4. The molecule has 0 N–H and O–H groups in total. The molecule has 1 aromatic heterocycles. The van der Waals surface area contributed by atoms with Crippen molar-refractivity contribution in [1.29, 1.82) is 0 Å². The Morgan fingerprint density at radius 1 is 1.03 bits per heavy atom. The number of benzene rings is 2. The SMILES string of the molecule is O=[N+]([O-])c1ccc(C(SC2CCCCC2)(c2ccc(F)cc2)c2nccs2)cc1C(F)(F)F. The van der Waals surface area contributed by atoms with E-state index in [1.54, 1.807) is 23.7 Å². The van der Waals surface area contributed by atoms with E-state index in [0.717, 1.165) is 44.2 Å². The average Bonchev–Trinajstić information content (AvgIpc) is 3.33. The highest BCUT2D eigenvalue weighted by Gasteiger charge is 2.45. The quantitative estimate of drug-likeness (QED) is 0.201. The number of rotatable bonds is 6. The van der Waals surface area contributed by atoms with Crippen molar-refractivity contribution < 1.29 is 22.5 Å². The number of aromatic nitrogens is 1. The van der Waals surface area contributed by atoms with Crippen LogP contribution >= 0.6 is 23.1 Å².